The van der Waals surface area contributed by atoms with Gasteiger partial charge in [-0.1, -0.05) is 6.07 Å². The van der Waals surface area contributed by atoms with Crippen LogP contribution in [0.3, 0.4) is 0 Å². The number of methoxy groups -OCH3 is 1. The number of esters is 1. The van der Waals surface area contributed by atoms with Gasteiger partial charge in [-0.2, -0.15) is 0 Å². The minimum atomic E-state index is -0.593. The Labute approximate surface area is 182 Å². The maximum absolute atomic E-state index is 13.0. The molecule has 0 atom stereocenters. The van der Waals surface area contributed by atoms with Crippen molar-refractivity contribution >= 4 is 35.4 Å². The first-order valence-electron chi connectivity index (χ1n) is 9.75. The number of aromatic nitrogens is 1. The summed E-state index contributed by atoms with van der Waals surface area (Å²) in [5.74, 6) is -0.567. The van der Waals surface area contributed by atoms with E-state index in [1.54, 1.807) is 30.0 Å². The Morgan fingerprint density at radius 2 is 2.03 bits per heavy atom. The smallest absolute Gasteiger partial charge is 0.333 e. The fraction of sp³-hybridized carbons (Fsp3) is 0.381. The molecule has 1 aliphatic heterocycles. The zero-order valence-electron chi connectivity index (χ0n) is 17.3. The normalized spacial score (nSPS) is 15.2. The molecule has 3 rings (SSSR count). The summed E-state index contributed by atoms with van der Waals surface area (Å²) in [7, 11) is 1.44. The van der Waals surface area contributed by atoms with Crippen LogP contribution >= 0.6 is 11.3 Å². The second-order valence-corrected chi connectivity index (χ2v) is 7.72. The minimum Gasteiger partial charge on any atom is -0.504 e. The molecule has 1 aromatic carbocycles. The Hall–Kier alpha value is -3.11. The van der Waals surface area contributed by atoms with Gasteiger partial charge in [0.25, 0.3) is 5.56 Å². The largest absolute Gasteiger partial charge is 0.504 e. The van der Waals surface area contributed by atoms with Gasteiger partial charge >= 0.3 is 5.97 Å². The van der Waals surface area contributed by atoms with Crippen molar-refractivity contribution in [2.75, 3.05) is 40.0 Å². The Kier molecular flexibility index (Phi) is 7.48. The summed E-state index contributed by atoms with van der Waals surface area (Å²) in [6, 6.07) is 4.74. The number of ether oxygens (including phenoxy) is 3. The molecule has 0 unspecified atom stereocenters. The van der Waals surface area contributed by atoms with Crippen molar-refractivity contribution in [3.05, 3.63) is 43.3 Å². The van der Waals surface area contributed by atoms with Crippen LogP contribution in [0.15, 0.2) is 23.0 Å². The molecule has 0 bridgehead atoms. The summed E-state index contributed by atoms with van der Waals surface area (Å²) < 4.78 is 17.2. The van der Waals surface area contributed by atoms with Crippen molar-refractivity contribution in [3.63, 3.8) is 0 Å². The lowest BCUT2D eigenvalue weighted by Gasteiger charge is -2.26. The molecular formula is C21H24N2O7S. The second-order valence-electron chi connectivity index (χ2n) is 6.66. The second kappa shape index (κ2) is 10.3. The van der Waals surface area contributed by atoms with Crippen molar-refractivity contribution < 1.29 is 28.9 Å². The average molecular weight is 448 g/mol. The number of phenolic OH excluding ortho intramolecular Hbond substituents is 1. The molecule has 2 heterocycles. The van der Waals surface area contributed by atoms with E-state index in [1.165, 1.54) is 23.8 Å². The van der Waals surface area contributed by atoms with E-state index < -0.39 is 11.5 Å². The number of amides is 1. The number of phenols is 1. The number of morpholine rings is 1. The molecule has 2 aromatic rings. The van der Waals surface area contributed by atoms with Crippen LogP contribution in [-0.2, 0) is 25.6 Å². The zero-order valence-corrected chi connectivity index (χ0v) is 18.1. The molecule has 1 aliphatic rings. The molecule has 1 fully saturated rings. The van der Waals surface area contributed by atoms with Crippen molar-refractivity contribution in [2.45, 2.75) is 13.5 Å². The lowest BCUT2D eigenvalue weighted by molar-refractivity contribution is -0.136. The van der Waals surface area contributed by atoms with Crippen LogP contribution in [0.5, 0.6) is 11.5 Å². The Balaban J connectivity index is 2.03. The van der Waals surface area contributed by atoms with E-state index >= 15 is 0 Å². The predicted molar refractivity (Wildman–Crippen MR) is 115 cm³/mol. The number of aromatic hydroxyl groups is 1. The highest BCUT2D eigenvalue weighted by molar-refractivity contribution is 7.07. The van der Waals surface area contributed by atoms with Crippen LogP contribution in [0.2, 0.25) is 0 Å². The van der Waals surface area contributed by atoms with Gasteiger partial charge in [0.1, 0.15) is 11.2 Å². The quantitative estimate of drug-likeness (QED) is 0.602. The first kappa shape index (κ1) is 22.6. The third kappa shape index (κ3) is 5.53. The summed E-state index contributed by atoms with van der Waals surface area (Å²) in [4.78, 5) is 39.4. The number of hydrogen-bond acceptors (Lipinski definition) is 8. The number of nitrogens with zero attached hydrogens (tertiary/aromatic N) is 2. The number of thiazole rings is 1. The molecule has 0 radical (unpaired) electrons. The molecule has 1 amide bonds. The van der Waals surface area contributed by atoms with Crippen LogP contribution in [-0.4, -0.2) is 66.5 Å². The SMILES string of the molecule is CCOC(=O)/C=c1\s/c(=C\c2ccc(OC)c(O)c2)c(=O)n1CC(=O)N1CCOCC1. The maximum Gasteiger partial charge on any atom is 0.333 e. The fourth-order valence-corrected chi connectivity index (χ4v) is 4.10. The van der Waals surface area contributed by atoms with Gasteiger partial charge in [0, 0.05) is 13.1 Å². The van der Waals surface area contributed by atoms with Crippen LogP contribution < -0.4 is 19.5 Å². The molecular weight excluding hydrogens is 424 g/mol. The lowest BCUT2D eigenvalue weighted by Crippen LogP contribution is -2.45. The van der Waals surface area contributed by atoms with Gasteiger partial charge in [0.15, 0.2) is 11.5 Å². The predicted octanol–water partition coefficient (Wildman–Crippen LogP) is -0.345. The molecule has 31 heavy (non-hydrogen) atoms. The van der Waals surface area contributed by atoms with E-state index in [2.05, 4.69) is 0 Å². The molecule has 1 aromatic heterocycles. The molecule has 9 nitrogen and oxygen atoms in total. The van der Waals surface area contributed by atoms with E-state index in [1.807, 2.05) is 0 Å². The molecule has 0 saturated carbocycles. The van der Waals surface area contributed by atoms with E-state index in [0.29, 0.717) is 46.8 Å². The standard InChI is InChI=1S/C21H24N2O7S/c1-3-30-20(26)12-19-23(13-18(25)22-6-8-29-9-7-22)21(27)17(31-19)11-14-4-5-16(28-2)15(24)10-14/h4-5,10-12,24H,3,6-9,13H2,1-2H3/b17-11-,19-12-. The Morgan fingerprint density at radius 3 is 2.68 bits per heavy atom. The van der Waals surface area contributed by atoms with Crippen LogP contribution in [0.1, 0.15) is 12.5 Å². The van der Waals surface area contributed by atoms with Crippen molar-refractivity contribution in [3.8, 4) is 11.5 Å². The number of carbonyl (C=O) groups is 2. The first-order chi connectivity index (χ1) is 14.9. The summed E-state index contributed by atoms with van der Waals surface area (Å²) in [6.45, 7) is 3.50. The fourth-order valence-electron chi connectivity index (χ4n) is 3.07. The van der Waals surface area contributed by atoms with Gasteiger partial charge in [-0.15, -0.1) is 11.3 Å². The molecule has 166 valence electrons. The number of hydrogen-bond donors (Lipinski definition) is 1. The van der Waals surface area contributed by atoms with Gasteiger partial charge in [-0.3, -0.25) is 14.2 Å². The van der Waals surface area contributed by atoms with Crippen molar-refractivity contribution in [2.24, 2.45) is 0 Å². The summed E-state index contributed by atoms with van der Waals surface area (Å²) in [5, 5.41) is 9.99. The van der Waals surface area contributed by atoms with Crippen LogP contribution in [0, 0.1) is 0 Å². The third-order valence-electron chi connectivity index (χ3n) is 4.62. The van der Waals surface area contributed by atoms with E-state index in [-0.39, 0.29) is 24.8 Å². The van der Waals surface area contributed by atoms with Crippen LogP contribution in [0.25, 0.3) is 12.2 Å². The first-order valence-corrected chi connectivity index (χ1v) is 10.6. The number of benzene rings is 1. The van der Waals surface area contributed by atoms with E-state index in [4.69, 9.17) is 14.2 Å². The molecule has 0 spiro atoms. The highest BCUT2D eigenvalue weighted by Crippen LogP contribution is 2.26. The summed E-state index contributed by atoms with van der Waals surface area (Å²) >= 11 is 1.07. The Morgan fingerprint density at radius 1 is 1.29 bits per heavy atom. The zero-order chi connectivity index (χ0) is 22.4. The van der Waals surface area contributed by atoms with Gasteiger partial charge in [0.05, 0.1) is 37.5 Å². The molecule has 10 heteroatoms. The topological polar surface area (TPSA) is 107 Å². The summed E-state index contributed by atoms with van der Waals surface area (Å²) in [5.41, 5.74) is 0.170. The summed E-state index contributed by atoms with van der Waals surface area (Å²) in [6.07, 6.45) is 2.80. The highest BCUT2D eigenvalue weighted by atomic mass is 32.1. The van der Waals surface area contributed by atoms with Gasteiger partial charge < -0.3 is 24.2 Å². The van der Waals surface area contributed by atoms with E-state index in [9.17, 15) is 19.5 Å². The van der Waals surface area contributed by atoms with Gasteiger partial charge in [-0.05, 0) is 30.7 Å². The third-order valence-corrected chi connectivity index (χ3v) is 5.68. The van der Waals surface area contributed by atoms with E-state index in [0.717, 1.165) is 11.3 Å². The average Bonchev–Trinajstić information content (AvgIpc) is 3.03. The number of rotatable bonds is 6. The minimum absolute atomic E-state index is 0.0612. The number of carbonyl (C=O) groups excluding carboxylic acids is 2. The molecule has 1 N–H and O–H groups in total. The maximum atomic E-state index is 13.0. The lowest BCUT2D eigenvalue weighted by atomic mass is 10.2. The monoisotopic (exact) mass is 448 g/mol. The molecule has 0 aliphatic carbocycles. The highest BCUT2D eigenvalue weighted by Gasteiger charge is 2.19. The Bertz CT molecular complexity index is 1130. The van der Waals surface area contributed by atoms with Crippen molar-refractivity contribution in [1.29, 1.82) is 0 Å². The van der Waals surface area contributed by atoms with Crippen molar-refractivity contribution in [1.82, 2.24) is 9.47 Å². The molecule has 1 saturated heterocycles. The van der Waals surface area contributed by atoms with Crippen LogP contribution in [0.4, 0.5) is 0 Å². The van der Waals surface area contributed by atoms with Gasteiger partial charge in [-0.25, -0.2) is 4.79 Å². The van der Waals surface area contributed by atoms with Gasteiger partial charge in [0.2, 0.25) is 5.91 Å².